The number of hydrogen-bond acceptors (Lipinski definition) is 3. The molecule has 3 heterocycles. The van der Waals surface area contributed by atoms with E-state index < -0.39 is 5.41 Å². The molecule has 0 amide bonds. The summed E-state index contributed by atoms with van der Waals surface area (Å²) in [7, 11) is 0. The summed E-state index contributed by atoms with van der Waals surface area (Å²) in [6, 6.07) is 78.9. The number of para-hydroxylation sites is 2. The molecular weight excluding hydrogens is 753 g/mol. The van der Waals surface area contributed by atoms with Crippen LogP contribution in [-0.2, 0) is 5.41 Å². The van der Waals surface area contributed by atoms with Crippen LogP contribution in [0.2, 0.25) is 0 Å². The van der Waals surface area contributed by atoms with Crippen LogP contribution in [0.25, 0.3) is 94.8 Å². The van der Waals surface area contributed by atoms with E-state index in [0.29, 0.717) is 5.82 Å². The normalized spacial score (nSPS) is 13.0. The first-order valence-electron chi connectivity index (χ1n) is 21.2. The minimum absolute atomic E-state index is 0.567. The van der Waals surface area contributed by atoms with Crippen molar-refractivity contribution in [2.75, 3.05) is 0 Å². The van der Waals surface area contributed by atoms with Gasteiger partial charge < -0.3 is 4.57 Å². The van der Waals surface area contributed by atoms with Gasteiger partial charge in [-0.25, -0.2) is 4.98 Å². The van der Waals surface area contributed by atoms with E-state index in [4.69, 9.17) is 10.1 Å². The van der Waals surface area contributed by atoms with E-state index in [9.17, 15) is 0 Å². The molecule has 1 spiro atoms. The van der Waals surface area contributed by atoms with Crippen molar-refractivity contribution in [3.63, 3.8) is 0 Å². The number of fused-ring (bicyclic) bond motifs is 12. The van der Waals surface area contributed by atoms with E-state index in [0.717, 1.165) is 44.8 Å². The van der Waals surface area contributed by atoms with Crippen molar-refractivity contribution in [3.8, 4) is 73.0 Å². The molecule has 4 heteroatoms. The van der Waals surface area contributed by atoms with E-state index in [1.54, 1.807) is 0 Å². The van der Waals surface area contributed by atoms with Gasteiger partial charge in [0.05, 0.1) is 22.1 Å². The molecule has 2 aliphatic rings. The van der Waals surface area contributed by atoms with Gasteiger partial charge in [0.15, 0.2) is 5.82 Å². The maximum absolute atomic E-state index is 5.29. The summed E-state index contributed by atoms with van der Waals surface area (Å²) in [5, 5.41) is 12.0. The molecule has 0 radical (unpaired) electrons. The van der Waals surface area contributed by atoms with Crippen molar-refractivity contribution in [3.05, 3.63) is 241 Å². The van der Waals surface area contributed by atoms with Crippen LogP contribution in [0.15, 0.2) is 218 Å². The van der Waals surface area contributed by atoms with Gasteiger partial charge in [0, 0.05) is 33.0 Å². The van der Waals surface area contributed by atoms with Gasteiger partial charge in [-0.1, -0.05) is 200 Å². The van der Waals surface area contributed by atoms with Crippen molar-refractivity contribution in [1.29, 1.82) is 0 Å². The number of hydrogen-bond donors (Lipinski definition) is 0. The fraction of sp³-hybridized carbons (Fsp3) is 0.0172. The average Bonchev–Trinajstić information content (AvgIpc) is 3.85. The van der Waals surface area contributed by atoms with Crippen LogP contribution in [0.3, 0.4) is 0 Å². The van der Waals surface area contributed by atoms with E-state index in [1.165, 1.54) is 66.4 Å². The van der Waals surface area contributed by atoms with Crippen LogP contribution in [0.4, 0.5) is 0 Å². The van der Waals surface area contributed by atoms with Gasteiger partial charge in [-0.2, -0.15) is 0 Å². The zero-order chi connectivity index (χ0) is 40.8. The van der Waals surface area contributed by atoms with E-state index in [1.807, 2.05) is 48.5 Å². The molecule has 13 rings (SSSR count). The van der Waals surface area contributed by atoms with E-state index in [2.05, 4.69) is 180 Å². The summed E-state index contributed by atoms with van der Waals surface area (Å²) in [5.74, 6) is 0.592. The fourth-order valence-corrected chi connectivity index (χ4v) is 10.7. The standard InChI is InChI=1S/C58H36N4/c1-3-18-37(19-4-1)54-55(59-57(61-60-54)38-20-5-2-6-21-38)46-28-8-7-24-41(46)39-22-17-23-40(36-39)42-34-35-47-45-27-11-15-32-51(45)62-52-33-16-14-31-50(52)58(53(42)56(47)62)48-29-12-9-25-43(48)44-26-10-13-30-49(44)58/h1-36H. The van der Waals surface area contributed by atoms with E-state index in [-0.39, 0.29) is 0 Å². The Hall–Kier alpha value is -8.21. The van der Waals surface area contributed by atoms with Gasteiger partial charge in [0.2, 0.25) is 0 Å². The quantitative estimate of drug-likeness (QED) is 0.174. The van der Waals surface area contributed by atoms with Gasteiger partial charge in [-0.3, -0.25) is 0 Å². The Bertz CT molecular complexity index is 3540. The molecule has 0 unspecified atom stereocenters. The Morgan fingerprint density at radius 3 is 1.66 bits per heavy atom. The third-order valence-electron chi connectivity index (χ3n) is 13.1. The van der Waals surface area contributed by atoms with Crippen LogP contribution < -0.4 is 0 Å². The second-order valence-corrected chi connectivity index (χ2v) is 16.3. The Morgan fingerprint density at radius 2 is 0.919 bits per heavy atom. The van der Waals surface area contributed by atoms with Gasteiger partial charge in [0.25, 0.3) is 0 Å². The highest BCUT2D eigenvalue weighted by molar-refractivity contribution is 6.14. The molecular formula is C58H36N4. The van der Waals surface area contributed by atoms with Crippen LogP contribution in [0.1, 0.15) is 22.3 Å². The molecule has 0 atom stereocenters. The summed E-state index contributed by atoms with van der Waals surface area (Å²) >= 11 is 0. The summed E-state index contributed by atoms with van der Waals surface area (Å²) in [6.45, 7) is 0. The van der Waals surface area contributed by atoms with Crippen LogP contribution in [0, 0.1) is 0 Å². The SMILES string of the molecule is c1ccc(-c2nnc(-c3ccccc3)c(-c3ccccc3-c3cccc(-c4ccc5c6ccccc6n6c5c4C4(c5ccccc5-c5ccccc54)c4ccccc4-6)c3)n2)cc1. The number of nitrogens with zero attached hydrogens (tertiary/aromatic N) is 4. The molecule has 62 heavy (non-hydrogen) atoms. The van der Waals surface area contributed by atoms with E-state index >= 15 is 0 Å². The maximum atomic E-state index is 5.29. The summed E-state index contributed by atoms with van der Waals surface area (Å²) in [4.78, 5) is 5.29. The lowest BCUT2D eigenvalue weighted by Gasteiger charge is -2.41. The molecule has 0 bridgehead atoms. The Balaban J connectivity index is 1.09. The molecule has 1 aliphatic carbocycles. The molecule has 0 saturated carbocycles. The van der Waals surface area contributed by atoms with Crippen LogP contribution in [-0.4, -0.2) is 19.7 Å². The smallest absolute Gasteiger partial charge is 0.182 e. The Labute approximate surface area is 359 Å². The molecule has 9 aromatic carbocycles. The maximum Gasteiger partial charge on any atom is 0.182 e. The minimum Gasteiger partial charge on any atom is -0.309 e. The molecule has 288 valence electrons. The lowest BCUT2D eigenvalue weighted by molar-refractivity contribution is 0.750. The third-order valence-corrected chi connectivity index (χ3v) is 13.1. The summed E-state index contributed by atoms with van der Waals surface area (Å²) in [6.07, 6.45) is 0. The minimum atomic E-state index is -0.567. The van der Waals surface area contributed by atoms with Crippen LogP contribution >= 0.6 is 0 Å². The third kappa shape index (κ3) is 4.80. The largest absolute Gasteiger partial charge is 0.309 e. The lowest BCUT2D eigenvalue weighted by atomic mass is 9.63. The molecule has 0 saturated heterocycles. The van der Waals surface area contributed by atoms with Crippen molar-refractivity contribution in [2.24, 2.45) is 0 Å². The highest BCUT2D eigenvalue weighted by Crippen LogP contribution is 2.62. The zero-order valence-electron chi connectivity index (χ0n) is 33.6. The van der Waals surface area contributed by atoms with Crippen molar-refractivity contribution in [1.82, 2.24) is 19.7 Å². The van der Waals surface area contributed by atoms with Crippen molar-refractivity contribution in [2.45, 2.75) is 5.41 Å². The predicted molar refractivity (Wildman–Crippen MR) is 252 cm³/mol. The Morgan fingerprint density at radius 1 is 0.355 bits per heavy atom. The first-order chi connectivity index (χ1) is 30.8. The molecule has 4 nitrogen and oxygen atoms in total. The summed E-state index contributed by atoms with van der Waals surface area (Å²) < 4.78 is 2.53. The lowest BCUT2D eigenvalue weighted by Crippen LogP contribution is -2.34. The van der Waals surface area contributed by atoms with Gasteiger partial charge in [0.1, 0.15) is 11.4 Å². The van der Waals surface area contributed by atoms with Crippen molar-refractivity contribution >= 4 is 21.8 Å². The fourth-order valence-electron chi connectivity index (χ4n) is 10.7. The second kappa shape index (κ2) is 13.4. The monoisotopic (exact) mass is 788 g/mol. The van der Waals surface area contributed by atoms with Crippen molar-refractivity contribution < 1.29 is 0 Å². The average molecular weight is 789 g/mol. The summed E-state index contributed by atoms with van der Waals surface area (Å²) in [5.41, 5.74) is 19.9. The number of benzene rings is 9. The molecule has 0 fully saturated rings. The number of aromatic nitrogens is 4. The topological polar surface area (TPSA) is 43.6 Å². The number of rotatable bonds is 5. The first kappa shape index (κ1) is 34.6. The second-order valence-electron chi connectivity index (χ2n) is 16.3. The Kier molecular flexibility index (Phi) is 7.49. The molecule has 11 aromatic rings. The highest BCUT2D eigenvalue weighted by atomic mass is 15.2. The van der Waals surface area contributed by atoms with Gasteiger partial charge in [-0.15, -0.1) is 10.2 Å². The zero-order valence-corrected chi connectivity index (χ0v) is 33.6. The predicted octanol–water partition coefficient (Wildman–Crippen LogP) is 14.0. The van der Waals surface area contributed by atoms with Gasteiger partial charge in [-0.05, 0) is 68.3 Å². The molecule has 2 aromatic heterocycles. The van der Waals surface area contributed by atoms with Crippen LogP contribution in [0.5, 0.6) is 0 Å². The molecule has 0 N–H and O–H groups in total. The van der Waals surface area contributed by atoms with Gasteiger partial charge >= 0.3 is 0 Å². The highest BCUT2D eigenvalue weighted by Gasteiger charge is 2.51. The first-order valence-corrected chi connectivity index (χ1v) is 21.2. The molecule has 1 aliphatic heterocycles.